The van der Waals surface area contributed by atoms with Crippen LogP contribution in [0.5, 0.6) is 0 Å². The second-order valence-electron chi connectivity index (χ2n) is 4.53. The van der Waals surface area contributed by atoms with Crippen LogP contribution in [-0.4, -0.2) is 34.8 Å². The highest BCUT2D eigenvalue weighted by molar-refractivity contribution is 5.48. The van der Waals surface area contributed by atoms with Crippen LogP contribution in [-0.2, 0) is 0 Å². The van der Waals surface area contributed by atoms with Gasteiger partial charge in [-0.05, 0) is 26.2 Å². The molecule has 17 heavy (non-hydrogen) atoms. The quantitative estimate of drug-likeness (QED) is 0.810. The molecule has 2 heterocycles. The molecule has 5 heteroatoms. The van der Waals surface area contributed by atoms with Gasteiger partial charge in [0.15, 0.2) is 0 Å². The molecule has 3 N–H and O–H groups in total. The largest absolute Gasteiger partial charge is 0.394 e. The van der Waals surface area contributed by atoms with Crippen LogP contribution < -0.4 is 10.6 Å². The van der Waals surface area contributed by atoms with E-state index in [1.165, 1.54) is 19.3 Å². The van der Waals surface area contributed by atoms with Crippen molar-refractivity contribution >= 4 is 5.82 Å². The summed E-state index contributed by atoms with van der Waals surface area (Å²) in [6, 6.07) is -0.396. The lowest BCUT2D eigenvalue weighted by Gasteiger charge is -2.30. The molecule has 0 amide bonds. The van der Waals surface area contributed by atoms with Gasteiger partial charge in [0.05, 0.1) is 12.6 Å². The summed E-state index contributed by atoms with van der Waals surface area (Å²) in [6.45, 7) is 3.83. The van der Waals surface area contributed by atoms with E-state index in [1.54, 1.807) is 6.20 Å². The van der Waals surface area contributed by atoms with Crippen molar-refractivity contribution in [3.05, 3.63) is 17.6 Å². The van der Waals surface area contributed by atoms with E-state index in [-0.39, 0.29) is 6.61 Å². The monoisotopic (exact) mass is 236 g/mol. The summed E-state index contributed by atoms with van der Waals surface area (Å²) in [5, 5.41) is 9.18. The first-order valence-electron chi connectivity index (χ1n) is 6.17. The highest BCUT2D eigenvalue weighted by Gasteiger charge is 2.19. The number of anilines is 1. The zero-order chi connectivity index (χ0) is 12.3. The topological polar surface area (TPSA) is 75.3 Å². The third kappa shape index (κ3) is 2.73. The molecular weight excluding hydrogens is 216 g/mol. The Morgan fingerprint density at radius 1 is 1.41 bits per heavy atom. The number of hydrogen-bond donors (Lipinski definition) is 2. The molecule has 1 aliphatic heterocycles. The van der Waals surface area contributed by atoms with E-state index in [4.69, 9.17) is 5.73 Å². The molecule has 0 bridgehead atoms. The Labute approximate surface area is 102 Å². The molecule has 1 aromatic heterocycles. The summed E-state index contributed by atoms with van der Waals surface area (Å²) in [6.07, 6.45) is 5.41. The molecule has 0 spiro atoms. The lowest BCUT2D eigenvalue weighted by atomic mass is 10.1. The summed E-state index contributed by atoms with van der Waals surface area (Å²) < 4.78 is 0. The molecule has 0 aliphatic carbocycles. The number of aliphatic hydroxyl groups excluding tert-OH is 1. The maximum atomic E-state index is 9.18. The SMILES string of the molecule is Cc1ncc(C(N)CO)c(N2CCCCC2)n1. The average Bonchev–Trinajstić information content (AvgIpc) is 2.39. The van der Waals surface area contributed by atoms with Crippen molar-refractivity contribution in [1.29, 1.82) is 0 Å². The fraction of sp³-hybridized carbons (Fsp3) is 0.667. The third-order valence-electron chi connectivity index (χ3n) is 3.17. The predicted octanol–water partition coefficient (Wildman–Crippen LogP) is 0.767. The highest BCUT2D eigenvalue weighted by Crippen LogP contribution is 2.25. The van der Waals surface area contributed by atoms with Crippen molar-refractivity contribution in [3.63, 3.8) is 0 Å². The van der Waals surface area contributed by atoms with E-state index < -0.39 is 6.04 Å². The number of aliphatic hydroxyl groups is 1. The van der Waals surface area contributed by atoms with Gasteiger partial charge in [-0.3, -0.25) is 0 Å². The molecule has 1 fully saturated rings. The van der Waals surface area contributed by atoms with E-state index in [1.807, 2.05) is 6.92 Å². The second kappa shape index (κ2) is 5.42. The third-order valence-corrected chi connectivity index (χ3v) is 3.17. The second-order valence-corrected chi connectivity index (χ2v) is 4.53. The van der Waals surface area contributed by atoms with Crippen LogP contribution >= 0.6 is 0 Å². The van der Waals surface area contributed by atoms with Crippen molar-refractivity contribution in [3.8, 4) is 0 Å². The van der Waals surface area contributed by atoms with E-state index in [9.17, 15) is 5.11 Å². The van der Waals surface area contributed by atoms with Crippen molar-refractivity contribution < 1.29 is 5.11 Å². The summed E-state index contributed by atoms with van der Waals surface area (Å²) in [4.78, 5) is 10.9. The number of aryl methyl sites for hydroxylation is 1. The Bertz CT molecular complexity index is 377. The minimum absolute atomic E-state index is 0.0761. The Morgan fingerprint density at radius 3 is 2.76 bits per heavy atom. The van der Waals surface area contributed by atoms with Crippen LogP contribution in [0.15, 0.2) is 6.20 Å². The van der Waals surface area contributed by atoms with Gasteiger partial charge >= 0.3 is 0 Å². The molecule has 5 nitrogen and oxygen atoms in total. The van der Waals surface area contributed by atoms with Gasteiger partial charge in [0.1, 0.15) is 11.6 Å². The Hall–Kier alpha value is -1.20. The van der Waals surface area contributed by atoms with Crippen molar-refractivity contribution in [2.24, 2.45) is 5.73 Å². The van der Waals surface area contributed by atoms with Gasteiger partial charge in [-0.1, -0.05) is 0 Å². The summed E-state index contributed by atoms with van der Waals surface area (Å²) >= 11 is 0. The van der Waals surface area contributed by atoms with Crippen LogP contribution in [0.3, 0.4) is 0 Å². The Kier molecular flexibility index (Phi) is 3.91. The smallest absolute Gasteiger partial charge is 0.137 e. The first-order chi connectivity index (χ1) is 8.22. The Balaban J connectivity index is 2.31. The molecular formula is C12H20N4O. The van der Waals surface area contributed by atoms with Crippen LogP contribution in [0, 0.1) is 6.92 Å². The van der Waals surface area contributed by atoms with Crippen molar-refractivity contribution in [1.82, 2.24) is 9.97 Å². The van der Waals surface area contributed by atoms with Gasteiger partial charge in [0.25, 0.3) is 0 Å². The molecule has 0 saturated carbocycles. The summed E-state index contributed by atoms with van der Waals surface area (Å²) in [7, 11) is 0. The molecule has 1 atom stereocenters. The van der Waals surface area contributed by atoms with Crippen LogP contribution in [0.25, 0.3) is 0 Å². The maximum absolute atomic E-state index is 9.18. The number of piperidine rings is 1. The van der Waals surface area contributed by atoms with E-state index in [0.717, 1.165) is 30.3 Å². The first-order valence-corrected chi connectivity index (χ1v) is 6.17. The molecule has 1 saturated heterocycles. The van der Waals surface area contributed by atoms with E-state index in [0.29, 0.717) is 0 Å². The number of hydrogen-bond acceptors (Lipinski definition) is 5. The van der Waals surface area contributed by atoms with Crippen LogP contribution in [0.4, 0.5) is 5.82 Å². The standard InChI is InChI=1S/C12H20N4O/c1-9-14-7-10(11(13)8-17)12(15-9)16-5-3-2-4-6-16/h7,11,17H,2-6,8,13H2,1H3. The predicted molar refractivity (Wildman–Crippen MR) is 66.8 cm³/mol. The van der Waals surface area contributed by atoms with Gasteiger partial charge in [0, 0.05) is 24.8 Å². The molecule has 1 aromatic rings. The van der Waals surface area contributed by atoms with Crippen molar-refractivity contribution in [2.75, 3.05) is 24.6 Å². The Morgan fingerprint density at radius 2 is 2.12 bits per heavy atom. The van der Waals surface area contributed by atoms with Crippen molar-refractivity contribution in [2.45, 2.75) is 32.2 Å². The zero-order valence-corrected chi connectivity index (χ0v) is 10.3. The lowest BCUT2D eigenvalue weighted by Crippen LogP contribution is -2.32. The summed E-state index contributed by atoms with van der Waals surface area (Å²) in [5.74, 6) is 1.65. The van der Waals surface area contributed by atoms with E-state index >= 15 is 0 Å². The van der Waals surface area contributed by atoms with Crippen LogP contribution in [0.1, 0.15) is 36.7 Å². The number of nitrogens with zero attached hydrogens (tertiary/aromatic N) is 3. The average molecular weight is 236 g/mol. The molecule has 1 aliphatic rings. The van der Waals surface area contributed by atoms with Gasteiger partial charge in [0.2, 0.25) is 0 Å². The first kappa shape index (κ1) is 12.3. The van der Waals surface area contributed by atoms with Crippen LogP contribution in [0.2, 0.25) is 0 Å². The zero-order valence-electron chi connectivity index (χ0n) is 10.3. The van der Waals surface area contributed by atoms with Gasteiger partial charge < -0.3 is 15.7 Å². The molecule has 1 unspecified atom stereocenters. The van der Waals surface area contributed by atoms with Gasteiger partial charge in [-0.15, -0.1) is 0 Å². The van der Waals surface area contributed by atoms with Gasteiger partial charge in [-0.2, -0.15) is 0 Å². The fourth-order valence-electron chi connectivity index (χ4n) is 2.19. The molecule has 0 aromatic carbocycles. The highest BCUT2D eigenvalue weighted by atomic mass is 16.3. The minimum Gasteiger partial charge on any atom is -0.394 e. The lowest BCUT2D eigenvalue weighted by molar-refractivity contribution is 0.267. The summed E-state index contributed by atoms with van der Waals surface area (Å²) in [5.41, 5.74) is 6.74. The number of nitrogens with two attached hydrogens (primary N) is 1. The van der Waals surface area contributed by atoms with Gasteiger partial charge in [-0.25, -0.2) is 9.97 Å². The minimum atomic E-state index is -0.396. The molecule has 2 rings (SSSR count). The normalized spacial score (nSPS) is 18.2. The fourth-order valence-corrected chi connectivity index (χ4v) is 2.19. The molecule has 94 valence electrons. The molecule has 0 radical (unpaired) electrons. The van der Waals surface area contributed by atoms with E-state index in [2.05, 4.69) is 14.9 Å². The maximum Gasteiger partial charge on any atom is 0.137 e. The number of rotatable bonds is 3. The number of aromatic nitrogens is 2.